The van der Waals surface area contributed by atoms with Crippen LogP contribution in [0, 0.1) is 18.8 Å². The van der Waals surface area contributed by atoms with Crippen LogP contribution in [0.25, 0.3) is 5.57 Å². The number of hydrogen-bond acceptors (Lipinski definition) is 5. The third kappa shape index (κ3) is 8.87. The number of carboxylic acids is 1. The fourth-order valence-electron chi connectivity index (χ4n) is 4.25. The van der Waals surface area contributed by atoms with E-state index in [1.54, 1.807) is 37.3 Å². The van der Waals surface area contributed by atoms with Crippen molar-refractivity contribution in [1.82, 2.24) is 4.90 Å². The second kappa shape index (κ2) is 13.9. The molecule has 0 unspecified atom stereocenters. The summed E-state index contributed by atoms with van der Waals surface area (Å²) < 4.78 is 56.9. The molecular formula is C32H30F3NO5. The summed E-state index contributed by atoms with van der Waals surface area (Å²) in [5, 5.41) is 8.81. The van der Waals surface area contributed by atoms with Crippen LogP contribution in [0.5, 0.6) is 11.5 Å². The Labute approximate surface area is 237 Å². The van der Waals surface area contributed by atoms with E-state index in [1.807, 2.05) is 24.3 Å². The van der Waals surface area contributed by atoms with Gasteiger partial charge >= 0.3 is 12.1 Å². The SMILES string of the molecule is Cc1cc(OCC=C(c2ccc(C#CCN3CCOCC3)cc2)c2cccc(C(F)(F)F)c2)ccc1OCC(=O)O. The zero-order valence-electron chi connectivity index (χ0n) is 22.5. The number of nitrogens with zero attached hydrogens (tertiary/aromatic N) is 1. The van der Waals surface area contributed by atoms with Crippen molar-refractivity contribution in [2.24, 2.45) is 0 Å². The number of ether oxygens (including phenoxy) is 3. The van der Waals surface area contributed by atoms with Crippen LogP contribution >= 0.6 is 0 Å². The molecule has 0 spiro atoms. The van der Waals surface area contributed by atoms with Crippen molar-refractivity contribution < 1.29 is 37.3 Å². The molecule has 3 aromatic rings. The number of carbonyl (C=O) groups is 1. The molecule has 1 heterocycles. The molecule has 1 saturated heterocycles. The summed E-state index contributed by atoms with van der Waals surface area (Å²) in [4.78, 5) is 13.0. The summed E-state index contributed by atoms with van der Waals surface area (Å²) in [5.41, 5.74) is 2.48. The first-order valence-corrected chi connectivity index (χ1v) is 13.0. The number of hydrogen-bond donors (Lipinski definition) is 1. The minimum absolute atomic E-state index is 0.0848. The summed E-state index contributed by atoms with van der Waals surface area (Å²) in [7, 11) is 0. The molecule has 1 aliphatic heterocycles. The van der Waals surface area contributed by atoms with Gasteiger partial charge in [-0.3, -0.25) is 4.90 Å². The Hall–Kier alpha value is -4.26. The predicted molar refractivity (Wildman–Crippen MR) is 149 cm³/mol. The fourth-order valence-corrected chi connectivity index (χ4v) is 4.25. The minimum Gasteiger partial charge on any atom is -0.489 e. The van der Waals surface area contributed by atoms with E-state index < -0.39 is 24.3 Å². The number of aliphatic carboxylic acids is 1. The molecule has 1 aliphatic rings. The van der Waals surface area contributed by atoms with Gasteiger partial charge in [0.25, 0.3) is 0 Å². The van der Waals surface area contributed by atoms with Crippen molar-refractivity contribution in [2.45, 2.75) is 13.1 Å². The summed E-state index contributed by atoms with van der Waals surface area (Å²) in [6.07, 6.45) is -2.74. The number of aryl methyl sites for hydroxylation is 1. The van der Waals surface area contributed by atoms with Gasteiger partial charge in [-0.2, -0.15) is 13.2 Å². The van der Waals surface area contributed by atoms with Gasteiger partial charge in [0.2, 0.25) is 0 Å². The number of benzene rings is 3. The molecule has 41 heavy (non-hydrogen) atoms. The zero-order valence-corrected chi connectivity index (χ0v) is 22.5. The van der Waals surface area contributed by atoms with E-state index in [1.165, 1.54) is 6.07 Å². The fraction of sp³-hybridized carbons (Fsp3) is 0.281. The zero-order chi connectivity index (χ0) is 29.2. The predicted octanol–water partition coefficient (Wildman–Crippen LogP) is 5.67. The highest BCUT2D eigenvalue weighted by Crippen LogP contribution is 2.33. The first-order valence-electron chi connectivity index (χ1n) is 13.0. The highest BCUT2D eigenvalue weighted by Gasteiger charge is 2.30. The maximum atomic E-state index is 13.5. The van der Waals surface area contributed by atoms with Crippen LogP contribution < -0.4 is 9.47 Å². The molecule has 0 aliphatic carbocycles. The number of halogens is 3. The summed E-state index contributed by atoms with van der Waals surface area (Å²) in [6, 6.07) is 17.5. The van der Waals surface area contributed by atoms with E-state index in [0.717, 1.165) is 36.3 Å². The van der Waals surface area contributed by atoms with Gasteiger partial charge in [-0.15, -0.1) is 0 Å². The van der Waals surface area contributed by atoms with Crippen LogP contribution in [0.4, 0.5) is 13.2 Å². The lowest BCUT2D eigenvalue weighted by atomic mass is 9.95. The Morgan fingerprint density at radius 1 is 1.02 bits per heavy atom. The van der Waals surface area contributed by atoms with Gasteiger partial charge in [0.15, 0.2) is 6.61 Å². The summed E-state index contributed by atoms with van der Waals surface area (Å²) in [6.45, 7) is 5.15. The summed E-state index contributed by atoms with van der Waals surface area (Å²) >= 11 is 0. The van der Waals surface area contributed by atoms with Crippen molar-refractivity contribution in [2.75, 3.05) is 46.1 Å². The van der Waals surface area contributed by atoms with Gasteiger partial charge in [-0.25, -0.2) is 4.79 Å². The monoisotopic (exact) mass is 565 g/mol. The van der Waals surface area contributed by atoms with Crippen molar-refractivity contribution in [3.05, 3.63) is 101 Å². The third-order valence-corrected chi connectivity index (χ3v) is 6.37. The Morgan fingerprint density at radius 3 is 2.46 bits per heavy atom. The van der Waals surface area contributed by atoms with Crippen LogP contribution in [0.1, 0.15) is 27.8 Å². The van der Waals surface area contributed by atoms with E-state index >= 15 is 0 Å². The number of rotatable bonds is 9. The second-order valence-corrected chi connectivity index (χ2v) is 9.38. The quantitative estimate of drug-likeness (QED) is 0.337. The number of carboxylic acid groups (broad SMARTS) is 1. The lowest BCUT2D eigenvalue weighted by Crippen LogP contribution is -2.36. The highest BCUT2D eigenvalue weighted by molar-refractivity contribution is 5.80. The molecule has 0 amide bonds. The molecule has 3 aromatic carbocycles. The normalized spacial score (nSPS) is 14.2. The smallest absolute Gasteiger partial charge is 0.416 e. The standard InChI is InChI=1S/C32H30F3NO5/c1-23-20-28(11-12-30(23)41-22-31(37)38)40-17-13-29(26-5-2-6-27(21-26)32(33,34)35)25-9-7-24(8-10-25)4-3-14-36-15-18-39-19-16-36/h2,5-13,20-21H,14-19,22H2,1H3,(H,37,38). The van der Waals surface area contributed by atoms with Crippen molar-refractivity contribution in [1.29, 1.82) is 0 Å². The first-order chi connectivity index (χ1) is 19.7. The molecule has 9 heteroatoms. The molecule has 4 rings (SSSR count). The Balaban J connectivity index is 1.53. The van der Waals surface area contributed by atoms with Crippen LogP contribution in [-0.2, 0) is 15.7 Å². The summed E-state index contributed by atoms with van der Waals surface area (Å²) in [5.74, 6) is 6.18. The molecule has 1 N–H and O–H groups in total. The van der Waals surface area contributed by atoms with Crippen molar-refractivity contribution in [3.63, 3.8) is 0 Å². The topological polar surface area (TPSA) is 68.2 Å². The van der Waals surface area contributed by atoms with Gasteiger partial charge in [0.05, 0.1) is 25.3 Å². The molecule has 214 valence electrons. The second-order valence-electron chi connectivity index (χ2n) is 9.38. The van der Waals surface area contributed by atoms with Gasteiger partial charge in [-0.05, 0) is 77.7 Å². The maximum absolute atomic E-state index is 13.5. The largest absolute Gasteiger partial charge is 0.489 e. The van der Waals surface area contributed by atoms with Crippen molar-refractivity contribution in [3.8, 4) is 23.3 Å². The Morgan fingerprint density at radius 2 is 1.78 bits per heavy atom. The molecule has 0 saturated carbocycles. The average Bonchev–Trinajstić information content (AvgIpc) is 2.95. The molecule has 0 atom stereocenters. The van der Waals surface area contributed by atoms with Gasteiger partial charge in [0, 0.05) is 18.7 Å². The number of alkyl halides is 3. The molecule has 6 nitrogen and oxygen atoms in total. The minimum atomic E-state index is -4.47. The van der Waals surface area contributed by atoms with Crippen LogP contribution in [0.15, 0.2) is 72.8 Å². The first kappa shape index (κ1) is 29.7. The van der Waals surface area contributed by atoms with Crippen molar-refractivity contribution >= 4 is 11.5 Å². The molecule has 1 fully saturated rings. The molecule has 0 aromatic heterocycles. The highest BCUT2D eigenvalue weighted by atomic mass is 19.4. The van der Waals surface area contributed by atoms with E-state index in [0.29, 0.717) is 48.0 Å². The van der Waals surface area contributed by atoms with Crippen LogP contribution in [0.3, 0.4) is 0 Å². The third-order valence-electron chi connectivity index (χ3n) is 6.37. The Bertz CT molecular complexity index is 1430. The van der Waals surface area contributed by atoms with E-state index in [-0.39, 0.29) is 6.61 Å². The Kier molecular flexibility index (Phi) is 10.1. The maximum Gasteiger partial charge on any atom is 0.416 e. The molecule has 0 bridgehead atoms. The van der Waals surface area contributed by atoms with E-state index in [2.05, 4.69) is 16.7 Å². The van der Waals surface area contributed by atoms with E-state index in [9.17, 15) is 18.0 Å². The van der Waals surface area contributed by atoms with Crippen LogP contribution in [-0.4, -0.2) is 62.0 Å². The van der Waals surface area contributed by atoms with Gasteiger partial charge in [0.1, 0.15) is 18.1 Å². The lowest BCUT2D eigenvalue weighted by molar-refractivity contribution is -0.139. The molecule has 0 radical (unpaired) electrons. The number of morpholine rings is 1. The lowest BCUT2D eigenvalue weighted by Gasteiger charge is -2.24. The van der Waals surface area contributed by atoms with Crippen LogP contribution in [0.2, 0.25) is 0 Å². The van der Waals surface area contributed by atoms with Gasteiger partial charge < -0.3 is 19.3 Å². The van der Waals surface area contributed by atoms with Gasteiger partial charge in [-0.1, -0.05) is 36.1 Å². The average molecular weight is 566 g/mol. The molecular weight excluding hydrogens is 535 g/mol. The van der Waals surface area contributed by atoms with E-state index in [4.69, 9.17) is 19.3 Å².